The molecule has 37 heavy (non-hydrogen) atoms. The third-order valence-electron chi connectivity index (χ3n) is 7.37. The minimum absolute atomic E-state index is 0.0234. The van der Waals surface area contributed by atoms with E-state index in [0.717, 1.165) is 49.6 Å². The number of ether oxygens (including phenoxy) is 2. The molecule has 0 bridgehead atoms. The summed E-state index contributed by atoms with van der Waals surface area (Å²) in [7, 11) is 1.60. The zero-order valence-corrected chi connectivity index (χ0v) is 21.3. The number of rotatable bonds is 9. The second-order valence-electron chi connectivity index (χ2n) is 9.94. The van der Waals surface area contributed by atoms with Gasteiger partial charge in [0.1, 0.15) is 23.9 Å². The van der Waals surface area contributed by atoms with E-state index < -0.39 is 6.04 Å². The van der Waals surface area contributed by atoms with Gasteiger partial charge in [-0.15, -0.1) is 5.10 Å². The molecule has 3 aromatic rings. The Morgan fingerprint density at radius 3 is 2.73 bits per heavy atom. The number of hydrogen-bond acceptors (Lipinski definition) is 6. The van der Waals surface area contributed by atoms with Crippen molar-refractivity contribution in [2.75, 3.05) is 20.3 Å². The Balaban J connectivity index is 1.48. The van der Waals surface area contributed by atoms with Crippen LogP contribution in [0.5, 0.6) is 5.75 Å². The Hall–Kier alpha value is -3.46. The van der Waals surface area contributed by atoms with E-state index in [1.54, 1.807) is 16.7 Å². The smallest absolute Gasteiger partial charge is 0.247 e. The molecule has 196 valence electrons. The number of carbonyl (C=O) groups is 2. The molecule has 2 amide bonds. The second-order valence-corrected chi connectivity index (χ2v) is 9.94. The highest BCUT2D eigenvalue weighted by molar-refractivity contribution is 5.89. The van der Waals surface area contributed by atoms with E-state index in [1.807, 2.05) is 48.5 Å². The highest BCUT2D eigenvalue weighted by Crippen LogP contribution is 2.29. The van der Waals surface area contributed by atoms with Gasteiger partial charge in [0, 0.05) is 19.2 Å². The molecular formula is C28H35N5O4. The SMILES string of the molecule is COc1cccc([C@H](C(=O)NC2CCCCC2)N(C[C@H]2CCCO2)C(=O)Cn2nnc3ccccc32)c1. The van der Waals surface area contributed by atoms with Crippen molar-refractivity contribution in [2.24, 2.45) is 0 Å². The van der Waals surface area contributed by atoms with Crippen LogP contribution in [0.25, 0.3) is 11.0 Å². The molecule has 0 spiro atoms. The summed E-state index contributed by atoms with van der Waals surface area (Å²) < 4.78 is 13.0. The van der Waals surface area contributed by atoms with Crippen molar-refractivity contribution in [1.82, 2.24) is 25.2 Å². The van der Waals surface area contributed by atoms with E-state index in [-0.39, 0.29) is 30.5 Å². The molecule has 9 heteroatoms. The molecule has 5 rings (SSSR count). The first-order valence-corrected chi connectivity index (χ1v) is 13.3. The van der Waals surface area contributed by atoms with Gasteiger partial charge in [-0.2, -0.15) is 0 Å². The Bertz CT molecular complexity index is 1220. The highest BCUT2D eigenvalue weighted by atomic mass is 16.5. The van der Waals surface area contributed by atoms with E-state index >= 15 is 0 Å². The second kappa shape index (κ2) is 11.7. The van der Waals surface area contributed by atoms with Crippen LogP contribution >= 0.6 is 0 Å². The molecule has 2 aliphatic rings. The van der Waals surface area contributed by atoms with Gasteiger partial charge in [-0.05, 0) is 55.5 Å². The number of carbonyl (C=O) groups excluding carboxylic acids is 2. The summed E-state index contributed by atoms with van der Waals surface area (Å²) in [6.45, 7) is 0.967. The standard InChI is InChI=1S/C28H35N5O4/c1-36-22-12-7-9-20(17-22)27(28(35)29-21-10-3-2-4-11-21)32(18-23-13-8-16-37-23)26(34)19-33-25-15-6-5-14-24(25)30-31-33/h5-7,9,12,14-15,17,21,23,27H,2-4,8,10-11,13,16,18-19H2,1H3,(H,29,35)/t23-,27-/m1/s1. The lowest BCUT2D eigenvalue weighted by Gasteiger charge is -2.34. The van der Waals surface area contributed by atoms with Gasteiger partial charge in [0.2, 0.25) is 11.8 Å². The monoisotopic (exact) mass is 505 g/mol. The molecule has 1 aromatic heterocycles. The van der Waals surface area contributed by atoms with E-state index in [0.29, 0.717) is 24.5 Å². The van der Waals surface area contributed by atoms with Gasteiger partial charge in [0.15, 0.2) is 0 Å². The normalized spacial score (nSPS) is 19.0. The molecule has 0 radical (unpaired) electrons. The number of hydrogen-bond donors (Lipinski definition) is 1. The Labute approximate surface area is 217 Å². The van der Waals surface area contributed by atoms with E-state index in [4.69, 9.17) is 9.47 Å². The molecule has 9 nitrogen and oxygen atoms in total. The fraction of sp³-hybridized carbons (Fsp3) is 0.500. The summed E-state index contributed by atoms with van der Waals surface area (Å²) in [5.41, 5.74) is 2.21. The first-order chi connectivity index (χ1) is 18.1. The Morgan fingerprint density at radius 1 is 1.11 bits per heavy atom. The van der Waals surface area contributed by atoms with Crippen LogP contribution < -0.4 is 10.1 Å². The van der Waals surface area contributed by atoms with E-state index in [2.05, 4.69) is 15.6 Å². The van der Waals surface area contributed by atoms with Gasteiger partial charge in [-0.3, -0.25) is 9.59 Å². The number of amides is 2. The maximum Gasteiger partial charge on any atom is 0.247 e. The Morgan fingerprint density at radius 2 is 1.95 bits per heavy atom. The summed E-state index contributed by atoms with van der Waals surface area (Å²) in [5.74, 6) is 0.257. The number of nitrogens with zero attached hydrogens (tertiary/aromatic N) is 4. The number of fused-ring (bicyclic) bond motifs is 1. The molecule has 1 aliphatic carbocycles. The highest BCUT2D eigenvalue weighted by Gasteiger charge is 2.35. The van der Waals surface area contributed by atoms with Crippen molar-refractivity contribution in [3.8, 4) is 5.75 Å². The quantitative estimate of drug-likeness (QED) is 0.477. The molecule has 2 fully saturated rings. The maximum atomic E-state index is 14.0. The summed E-state index contributed by atoms with van der Waals surface area (Å²) in [6.07, 6.45) is 7.00. The minimum Gasteiger partial charge on any atom is -0.497 e. The van der Waals surface area contributed by atoms with Crippen LogP contribution in [0.4, 0.5) is 0 Å². The molecule has 1 aliphatic heterocycles. The molecule has 1 N–H and O–H groups in total. The van der Waals surface area contributed by atoms with Gasteiger partial charge in [0.05, 0.1) is 18.7 Å². The molecule has 1 saturated heterocycles. The lowest BCUT2D eigenvalue weighted by molar-refractivity contribution is -0.143. The van der Waals surface area contributed by atoms with Crippen LogP contribution in [0.3, 0.4) is 0 Å². The van der Waals surface area contributed by atoms with Crippen molar-refractivity contribution < 1.29 is 19.1 Å². The molecule has 2 heterocycles. The van der Waals surface area contributed by atoms with Crippen molar-refractivity contribution in [3.63, 3.8) is 0 Å². The van der Waals surface area contributed by atoms with E-state index in [9.17, 15) is 9.59 Å². The summed E-state index contributed by atoms with van der Waals surface area (Å²) in [4.78, 5) is 29.6. The van der Waals surface area contributed by atoms with Crippen LogP contribution in [0.15, 0.2) is 48.5 Å². The average Bonchev–Trinajstić information content (AvgIpc) is 3.59. The van der Waals surface area contributed by atoms with Crippen LogP contribution in [-0.2, 0) is 20.9 Å². The molecule has 2 aromatic carbocycles. The average molecular weight is 506 g/mol. The van der Waals surface area contributed by atoms with Crippen LogP contribution in [0.2, 0.25) is 0 Å². The Kier molecular flexibility index (Phi) is 7.99. The van der Waals surface area contributed by atoms with Crippen molar-refractivity contribution in [3.05, 3.63) is 54.1 Å². The van der Waals surface area contributed by atoms with Crippen LogP contribution in [-0.4, -0.2) is 64.1 Å². The van der Waals surface area contributed by atoms with Gasteiger partial charge < -0.3 is 19.7 Å². The summed E-state index contributed by atoms with van der Waals surface area (Å²) in [5, 5.41) is 11.7. The number of aromatic nitrogens is 3. The van der Waals surface area contributed by atoms with Gasteiger partial charge >= 0.3 is 0 Å². The maximum absolute atomic E-state index is 14.0. The molecule has 1 saturated carbocycles. The fourth-order valence-corrected chi connectivity index (χ4v) is 5.42. The third kappa shape index (κ3) is 5.93. The van der Waals surface area contributed by atoms with Gasteiger partial charge in [-0.1, -0.05) is 48.7 Å². The number of methoxy groups -OCH3 is 1. The predicted molar refractivity (Wildman–Crippen MR) is 139 cm³/mol. The van der Waals surface area contributed by atoms with Crippen molar-refractivity contribution >= 4 is 22.8 Å². The van der Waals surface area contributed by atoms with Crippen LogP contribution in [0, 0.1) is 0 Å². The van der Waals surface area contributed by atoms with E-state index in [1.165, 1.54) is 6.42 Å². The minimum atomic E-state index is -0.816. The molecule has 2 atom stereocenters. The van der Waals surface area contributed by atoms with Gasteiger partial charge in [-0.25, -0.2) is 4.68 Å². The number of para-hydroxylation sites is 1. The topological polar surface area (TPSA) is 98.6 Å². The number of benzene rings is 2. The predicted octanol–water partition coefficient (Wildman–Crippen LogP) is 3.64. The lowest BCUT2D eigenvalue weighted by Crippen LogP contribution is -2.49. The number of nitrogens with one attached hydrogen (secondary N) is 1. The largest absolute Gasteiger partial charge is 0.497 e. The first kappa shape index (κ1) is 25.2. The van der Waals surface area contributed by atoms with Crippen LogP contribution in [0.1, 0.15) is 56.6 Å². The first-order valence-electron chi connectivity index (χ1n) is 13.3. The lowest BCUT2D eigenvalue weighted by atomic mass is 9.94. The summed E-state index contributed by atoms with van der Waals surface area (Å²) in [6, 6.07) is 14.3. The molecular weight excluding hydrogens is 470 g/mol. The fourth-order valence-electron chi connectivity index (χ4n) is 5.42. The zero-order valence-electron chi connectivity index (χ0n) is 21.3. The zero-order chi connectivity index (χ0) is 25.6. The summed E-state index contributed by atoms with van der Waals surface area (Å²) >= 11 is 0. The van der Waals surface area contributed by atoms with Gasteiger partial charge in [0.25, 0.3) is 0 Å². The van der Waals surface area contributed by atoms with Crippen molar-refractivity contribution in [1.29, 1.82) is 0 Å². The third-order valence-corrected chi connectivity index (χ3v) is 7.37. The molecule has 0 unspecified atom stereocenters. The van der Waals surface area contributed by atoms with Crippen molar-refractivity contribution in [2.45, 2.75) is 69.7 Å².